The van der Waals surface area contributed by atoms with Crippen LogP contribution in [0.3, 0.4) is 0 Å². The largest absolute Gasteiger partial charge is 0.381 e. The zero-order chi connectivity index (χ0) is 30.8. The van der Waals surface area contributed by atoms with E-state index in [1.165, 1.54) is 11.8 Å². The van der Waals surface area contributed by atoms with Crippen LogP contribution in [-0.4, -0.2) is 56.4 Å². The second-order valence-electron chi connectivity index (χ2n) is 10.5. The Bertz CT molecular complexity index is 1100. The molecule has 0 aliphatic carbocycles. The first kappa shape index (κ1) is 34.6. The van der Waals surface area contributed by atoms with Crippen LogP contribution in [0.25, 0.3) is 10.4 Å². The molecule has 0 amide bonds. The van der Waals surface area contributed by atoms with Gasteiger partial charge in [0.2, 0.25) is 0 Å². The monoisotopic (exact) mass is 605 g/mol. The van der Waals surface area contributed by atoms with E-state index in [-0.39, 0.29) is 19.3 Å². The minimum Gasteiger partial charge on any atom is -0.381 e. The lowest BCUT2D eigenvalue weighted by molar-refractivity contribution is -0.130. The zero-order valence-corrected chi connectivity index (χ0v) is 26.8. The van der Waals surface area contributed by atoms with Gasteiger partial charge in [0, 0.05) is 18.1 Å². The average molecular weight is 606 g/mol. The van der Waals surface area contributed by atoms with Crippen molar-refractivity contribution in [3.05, 3.63) is 118 Å². The Morgan fingerprint density at radius 3 is 1.77 bits per heavy atom. The molecule has 0 aliphatic rings. The molecule has 4 atom stereocenters. The minimum absolute atomic E-state index is 0.239. The van der Waals surface area contributed by atoms with Crippen LogP contribution >= 0.6 is 11.8 Å². The lowest BCUT2D eigenvalue weighted by Gasteiger charge is -2.38. The third kappa shape index (κ3) is 10.1. The highest BCUT2D eigenvalue weighted by Gasteiger charge is 2.39. The number of hydrogen-bond donors (Lipinski definition) is 0. The minimum atomic E-state index is -0.892. The van der Waals surface area contributed by atoms with Crippen LogP contribution in [0.2, 0.25) is 0 Å². The molecule has 0 fully saturated rings. The van der Waals surface area contributed by atoms with Crippen molar-refractivity contribution >= 4 is 11.8 Å². The Kier molecular flexibility index (Phi) is 15.7. The van der Waals surface area contributed by atoms with Gasteiger partial charge in [0.1, 0.15) is 17.1 Å². The van der Waals surface area contributed by atoms with Crippen LogP contribution in [0.4, 0.5) is 0 Å². The van der Waals surface area contributed by atoms with Crippen molar-refractivity contribution in [2.24, 2.45) is 5.11 Å². The van der Waals surface area contributed by atoms with Crippen molar-refractivity contribution in [2.45, 2.75) is 75.7 Å². The van der Waals surface area contributed by atoms with Crippen LogP contribution in [0.5, 0.6) is 0 Å². The summed E-state index contributed by atoms with van der Waals surface area (Å²) in [5, 5.41) is 4.06. The number of unbranched alkanes of at least 4 members (excludes halogenated alkanes) is 2. The van der Waals surface area contributed by atoms with E-state index in [4.69, 9.17) is 18.9 Å². The zero-order valence-electron chi connectivity index (χ0n) is 26.0. The van der Waals surface area contributed by atoms with Crippen molar-refractivity contribution < 1.29 is 18.9 Å². The van der Waals surface area contributed by atoms with E-state index < -0.39 is 23.2 Å². The van der Waals surface area contributed by atoms with Gasteiger partial charge in [-0.1, -0.05) is 123 Å². The van der Waals surface area contributed by atoms with Crippen molar-refractivity contribution in [2.75, 3.05) is 32.7 Å². The Hall–Kier alpha value is -2.84. The molecule has 0 radical (unpaired) electrons. The van der Waals surface area contributed by atoms with Crippen molar-refractivity contribution in [1.82, 2.24) is 0 Å². The fourth-order valence-electron chi connectivity index (χ4n) is 4.94. The summed E-state index contributed by atoms with van der Waals surface area (Å²) < 4.78 is 26.0. The number of benzene rings is 3. The highest BCUT2D eigenvalue weighted by molar-refractivity contribution is 7.99. The normalized spacial score (nSPS) is 14.4. The Morgan fingerprint density at radius 2 is 1.30 bits per heavy atom. The Labute approximate surface area is 261 Å². The third-order valence-electron chi connectivity index (χ3n) is 7.39. The molecular weight excluding hydrogens is 558 g/mol. The molecule has 1 unspecified atom stereocenters. The van der Waals surface area contributed by atoms with Crippen LogP contribution in [0.15, 0.2) is 96.1 Å². The van der Waals surface area contributed by atoms with Gasteiger partial charge in [-0.25, -0.2) is 0 Å². The highest BCUT2D eigenvalue weighted by Crippen LogP contribution is 2.41. The molecule has 0 saturated carbocycles. The average Bonchev–Trinajstić information content (AvgIpc) is 3.06. The SMILES string of the molecule is CCCCOC[C@H](N=[N+]=[N-])[C@@H](OC(COC(c1ccccc1)(c1ccccc1)c1ccccc1)[C@H](C)OCCCC)SC. The molecule has 0 aromatic heterocycles. The van der Waals surface area contributed by atoms with Crippen molar-refractivity contribution in [3.8, 4) is 0 Å². The first-order valence-corrected chi connectivity index (χ1v) is 16.6. The second-order valence-corrected chi connectivity index (χ2v) is 11.4. The summed E-state index contributed by atoms with van der Waals surface area (Å²) in [4.78, 5) is 3.11. The maximum atomic E-state index is 9.35. The first-order valence-electron chi connectivity index (χ1n) is 15.3. The van der Waals surface area contributed by atoms with Gasteiger partial charge in [-0.05, 0) is 48.2 Å². The van der Waals surface area contributed by atoms with Crippen molar-refractivity contribution in [1.29, 1.82) is 0 Å². The molecule has 3 rings (SSSR count). The van der Waals surface area contributed by atoms with Gasteiger partial charge in [0.15, 0.2) is 0 Å². The molecule has 43 heavy (non-hydrogen) atoms. The summed E-state index contributed by atoms with van der Waals surface area (Å²) in [7, 11) is 0. The van der Waals surface area contributed by atoms with E-state index >= 15 is 0 Å². The molecule has 232 valence electrons. The van der Waals surface area contributed by atoms with E-state index in [9.17, 15) is 5.53 Å². The van der Waals surface area contributed by atoms with Crippen LogP contribution in [-0.2, 0) is 24.5 Å². The Balaban J connectivity index is 1.99. The first-order chi connectivity index (χ1) is 21.1. The number of thioether (sulfide) groups is 1. The predicted molar refractivity (Wildman–Crippen MR) is 176 cm³/mol. The van der Waals surface area contributed by atoms with Crippen LogP contribution < -0.4 is 0 Å². The summed E-state index contributed by atoms with van der Waals surface area (Å²) >= 11 is 1.50. The molecule has 7 nitrogen and oxygen atoms in total. The smallest absolute Gasteiger partial charge is 0.143 e. The van der Waals surface area contributed by atoms with Gasteiger partial charge in [0.05, 0.1) is 25.4 Å². The third-order valence-corrected chi connectivity index (χ3v) is 8.28. The van der Waals surface area contributed by atoms with Gasteiger partial charge >= 0.3 is 0 Å². The van der Waals surface area contributed by atoms with Gasteiger partial charge in [-0.3, -0.25) is 0 Å². The van der Waals surface area contributed by atoms with E-state index in [0.717, 1.165) is 42.4 Å². The van der Waals surface area contributed by atoms with Gasteiger partial charge in [-0.2, -0.15) is 0 Å². The fraction of sp³-hybridized carbons (Fsp3) is 0.486. The standard InChI is InChI=1S/C35H47N3O4S/c1-5-7-24-39-26-32(37-38-36)34(43-4)42-33(28(3)40-25-8-6-2)27-41-35(29-18-12-9-13-19-29,30-20-14-10-15-21-30)31-22-16-11-17-23-31/h9-23,28,32-34H,5-8,24-27H2,1-4H3/t28-,32-,33?,34-/m0/s1. The molecule has 3 aromatic carbocycles. The van der Waals surface area contributed by atoms with Crippen molar-refractivity contribution in [3.63, 3.8) is 0 Å². The number of nitrogens with zero attached hydrogens (tertiary/aromatic N) is 3. The van der Waals surface area contributed by atoms with E-state index in [2.05, 4.69) is 60.3 Å². The topological polar surface area (TPSA) is 85.7 Å². The van der Waals surface area contributed by atoms with E-state index in [1.54, 1.807) is 0 Å². The van der Waals surface area contributed by atoms with E-state index in [1.807, 2.05) is 67.8 Å². The molecule has 0 N–H and O–H groups in total. The maximum absolute atomic E-state index is 9.35. The fourth-order valence-corrected chi connectivity index (χ4v) is 5.64. The number of rotatable bonds is 21. The van der Waals surface area contributed by atoms with Gasteiger partial charge < -0.3 is 18.9 Å². The lowest BCUT2D eigenvalue weighted by Crippen LogP contribution is -2.43. The molecular formula is C35H47N3O4S. The number of ether oxygens (including phenoxy) is 4. The number of azide groups is 1. The highest BCUT2D eigenvalue weighted by atomic mass is 32.2. The number of hydrogen-bond acceptors (Lipinski definition) is 6. The summed E-state index contributed by atoms with van der Waals surface area (Å²) in [6.07, 6.45) is 5.22. The Morgan fingerprint density at radius 1 is 0.791 bits per heavy atom. The molecule has 0 heterocycles. The summed E-state index contributed by atoms with van der Waals surface area (Å²) in [6, 6.07) is 30.4. The van der Waals surface area contributed by atoms with Gasteiger partial charge in [-0.15, -0.1) is 11.8 Å². The molecule has 0 aliphatic heterocycles. The molecule has 0 spiro atoms. The predicted octanol–water partition coefficient (Wildman–Crippen LogP) is 8.77. The van der Waals surface area contributed by atoms with E-state index in [0.29, 0.717) is 13.2 Å². The lowest BCUT2D eigenvalue weighted by atomic mass is 9.80. The molecule has 0 bridgehead atoms. The second kappa shape index (κ2) is 19.4. The molecule has 0 saturated heterocycles. The summed E-state index contributed by atoms with van der Waals surface area (Å²) in [5.74, 6) is 0. The summed E-state index contributed by atoms with van der Waals surface area (Å²) in [6.45, 7) is 8.06. The quantitative estimate of drug-likeness (QED) is 0.0303. The molecule has 8 heteroatoms. The van der Waals surface area contributed by atoms with Crippen LogP contribution in [0.1, 0.15) is 63.1 Å². The van der Waals surface area contributed by atoms with Crippen LogP contribution in [0, 0.1) is 0 Å². The maximum Gasteiger partial charge on any atom is 0.143 e. The molecule has 3 aromatic rings. The van der Waals surface area contributed by atoms with Gasteiger partial charge in [0.25, 0.3) is 0 Å². The summed E-state index contributed by atoms with van der Waals surface area (Å²) in [5.41, 5.74) is 11.1.